The first-order valence-electron chi connectivity index (χ1n) is 7.19. The number of hydrogen-bond donors (Lipinski definition) is 1. The summed E-state index contributed by atoms with van der Waals surface area (Å²) in [6.45, 7) is 7.59. The number of likely N-dealkylation sites (N-methyl/N-ethyl adjacent to an activating group) is 1. The van der Waals surface area contributed by atoms with Crippen LogP contribution in [0.4, 0.5) is 5.82 Å². The van der Waals surface area contributed by atoms with Crippen LogP contribution in [0.15, 0.2) is 6.20 Å². The van der Waals surface area contributed by atoms with Crippen molar-refractivity contribution in [2.75, 3.05) is 38.1 Å². The van der Waals surface area contributed by atoms with Crippen molar-refractivity contribution in [2.24, 2.45) is 0 Å². The van der Waals surface area contributed by atoms with Crippen LogP contribution >= 0.6 is 0 Å². The van der Waals surface area contributed by atoms with Crippen molar-refractivity contribution in [3.8, 4) is 0 Å². The molecule has 0 radical (unpaired) electrons. The molecule has 0 saturated heterocycles. The summed E-state index contributed by atoms with van der Waals surface area (Å²) in [6, 6.07) is 0. The molecule has 0 unspecified atom stereocenters. The van der Waals surface area contributed by atoms with E-state index in [-0.39, 0.29) is 12.5 Å². The lowest BCUT2D eigenvalue weighted by Gasteiger charge is -2.15. The number of carbonyl (C=O) groups is 1. The maximum Gasteiger partial charge on any atom is 0.325 e. The Kier molecular flexibility index (Phi) is 5.29. The number of rotatable bonds is 5. The Morgan fingerprint density at radius 3 is 2.80 bits per heavy atom. The van der Waals surface area contributed by atoms with Crippen molar-refractivity contribution in [1.29, 1.82) is 0 Å². The SMILES string of the molecule is CCOC(=O)CNc1cnc2c(n1)CCN(CC)CC2. The van der Waals surface area contributed by atoms with Crippen LogP contribution in [0, 0.1) is 0 Å². The normalized spacial score (nSPS) is 15.3. The Hall–Kier alpha value is -1.69. The van der Waals surface area contributed by atoms with Crippen molar-refractivity contribution in [3.63, 3.8) is 0 Å². The van der Waals surface area contributed by atoms with E-state index in [1.807, 2.05) is 0 Å². The van der Waals surface area contributed by atoms with E-state index in [1.165, 1.54) is 0 Å². The molecule has 1 aromatic rings. The molecule has 1 N–H and O–H groups in total. The van der Waals surface area contributed by atoms with Gasteiger partial charge in [0.05, 0.1) is 24.2 Å². The van der Waals surface area contributed by atoms with Crippen molar-refractivity contribution in [3.05, 3.63) is 17.6 Å². The van der Waals surface area contributed by atoms with Gasteiger partial charge in [-0.15, -0.1) is 0 Å². The smallest absolute Gasteiger partial charge is 0.325 e. The van der Waals surface area contributed by atoms with Crippen molar-refractivity contribution in [2.45, 2.75) is 26.7 Å². The third-order valence-corrected chi connectivity index (χ3v) is 3.43. The summed E-state index contributed by atoms with van der Waals surface area (Å²) in [5.74, 6) is 0.364. The fraction of sp³-hybridized carbons (Fsp3) is 0.643. The molecule has 0 saturated carbocycles. The number of hydrogen-bond acceptors (Lipinski definition) is 6. The largest absolute Gasteiger partial charge is 0.465 e. The Balaban J connectivity index is 1.98. The summed E-state index contributed by atoms with van der Waals surface area (Å²) < 4.78 is 4.87. The summed E-state index contributed by atoms with van der Waals surface area (Å²) >= 11 is 0. The molecule has 0 amide bonds. The van der Waals surface area contributed by atoms with Crippen molar-refractivity contribution >= 4 is 11.8 Å². The minimum absolute atomic E-state index is 0.127. The number of carbonyl (C=O) groups excluding carboxylic acids is 1. The molecule has 2 heterocycles. The zero-order chi connectivity index (χ0) is 14.4. The molecule has 1 aliphatic heterocycles. The van der Waals surface area contributed by atoms with E-state index in [4.69, 9.17) is 4.74 Å². The molecule has 0 aromatic carbocycles. The summed E-state index contributed by atoms with van der Waals surface area (Å²) in [5.41, 5.74) is 2.11. The second-order valence-corrected chi connectivity index (χ2v) is 4.74. The molecule has 0 fully saturated rings. The zero-order valence-corrected chi connectivity index (χ0v) is 12.2. The standard InChI is InChI=1S/C14H22N4O2/c1-3-18-7-5-11-12(6-8-18)17-13(9-15-11)16-10-14(19)20-4-2/h9H,3-8,10H2,1-2H3,(H,16,17). The highest BCUT2D eigenvalue weighted by Crippen LogP contribution is 2.14. The van der Waals surface area contributed by atoms with Gasteiger partial charge in [-0.05, 0) is 13.5 Å². The molecule has 110 valence electrons. The highest BCUT2D eigenvalue weighted by Gasteiger charge is 2.15. The summed E-state index contributed by atoms with van der Waals surface area (Å²) in [5, 5.41) is 2.96. The second kappa shape index (κ2) is 7.19. The van der Waals surface area contributed by atoms with Gasteiger partial charge in [0.1, 0.15) is 12.4 Å². The van der Waals surface area contributed by atoms with E-state index in [1.54, 1.807) is 13.1 Å². The monoisotopic (exact) mass is 278 g/mol. The molecule has 20 heavy (non-hydrogen) atoms. The van der Waals surface area contributed by atoms with Gasteiger partial charge in [-0.25, -0.2) is 4.98 Å². The molecule has 6 heteroatoms. The summed E-state index contributed by atoms with van der Waals surface area (Å²) in [6.07, 6.45) is 3.54. The molecule has 0 bridgehead atoms. The average Bonchev–Trinajstić information content (AvgIpc) is 2.67. The first-order chi connectivity index (χ1) is 9.72. The van der Waals surface area contributed by atoms with Gasteiger partial charge < -0.3 is 15.0 Å². The van der Waals surface area contributed by atoms with Gasteiger partial charge in [0.25, 0.3) is 0 Å². The number of aromatic nitrogens is 2. The zero-order valence-electron chi connectivity index (χ0n) is 12.2. The van der Waals surface area contributed by atoms with Crippen LogP contribution in [0.25, 0.3) is 0 Å². The maximum absolute atomic E-state index is 11.3. The summed E-state index contributed by atoms with van der Waals surface area (Å²) in [4.78, 5) is 22.7. The topological polar surface area (TPSA) is 67.3 Å². The van der Waals surface area contributed by atoms with Gasteiger partial charge in [-0.1, -0.05) is 6.92 Å². The lowest BCUT2D eigenvalue weighted by molar-refractivity contribution is -0.140. The number of nitrogens with zero attached hydrogens (tertiary/aromatic N) is 3. The van der Waals surface area contributed by atoms with E-state index < -0.39 is 0 Å². The quantitative estimate of drug-likeness (QED) is 0.806. The van der Waals surface area contributed by atoms with Crippen LogP contribution in [-0.4, -0.2) is 53.6 Å². The fourth-order valence-corrected chi connectivity index (χ4v) is 2.28. The van der Waals surface area contributed by atoms with Crippen molar-refractivity contribution in [1.82, 2.24) is 14.9 Å². The fourth-order valence-electron chi connectivity index (χ4n) is 2.28. The van der Waals surface area contributed by atoms with Crippen molar-refractivity contribution < 1.29 is 9.53 Å². The van der Waals surface area contributed by atoms with E-state index in [0.29, 0.717) is 12.4 Å². The van der Waals surface area contributed by atoms with Crippen LogP contribution in [0.3, 0.4) is 0 Å². The molecular formula is C14H22N4O2. The Morgan fingerprint density at radius 2 is 2.10 bits per heavy atom. The Morgan fingerprint density at radius 1 is 1.35 bits per heavy atom. The Labute approximate surface area is 119 Å². The van der Waals surface area contributed by atoms with Gasteiger partial charge in [0, 0.05) is 25.9 Å². The lowest BCUT2D eigenvalue weighted by atomic mass is 10.2. The van der Waals surface area contributed by atoms with Crippen LogP contribution in [0.2, 0.25) is 0 Å². The van der Waals surface area contributed by atoms with E-state index in [2.05, 4.69) is 27.1 Å². The number of anilines is 1. The third-order valence-electron chi connectivity index (χ3n) is 3.43. The minimum Gasteiger partial charge on any atom is -0.465 e. The first-order valence-corrected chi connectivity index (χ1v) is 7.19. The molecular weight excluding hydrogens is 256 g/mol. The highest BCUT2D eigenvalue weighted by atomic mass is 16.5. The molecule has 1 aliphatic rings. The highest BCUT2D eigenvalue weighted by molar-refractivity contribution is 5.74. The third kappa shape index (κ3) is 3.90. The van der Waals surface area contributed by atoms with E-state index >= 15 is 0 Å². The van der Waals surface area contributed by atoms with Crippen LogP contribution < -0.4 is 5.32 Å². The second-order valence-electron chi connectivity index (χ2n) is 4.74. The van der Waals surface area contributed by atoms with Crippen LogP contribution in [0.1, 0.15) is 25.2 Å². The first kappa shape index (κ1) is 14.7. The molecule has 0 spiro atoms. The Bertz CT molecular complexity index is 464. The number of ether oxygens (including phenoxy) is 1. The molecule has 6 nitrogen and oxygen atoms in total. The maximum atomic E-state index is 11.3. The number of esters is 1. The van der Waals surface area contributed by atoms with Crippen LogP contribution in [-0.2, 0) is 22.4 Å². The summed E-state index contributed by atoms with van der Waals surface area (Å²) in [7, 11) is 0. The molecule has 0 aliphatic carbocycles. The lowest BCUT2D eigenvalue weighted by Crippen LogP contribution is -2.25. The van der Waals surface area contributed by atoms with Gasteiger partial charge in [-0.3, -0.25) is 9.78 Å². The number of fused-ring (bicyclic) bond motifs is 1. The van der Waals surface area contributed by atoms with Gasteiger partial charge in [-0.2, -0.15) is 0 Å². The van der Waals surface area contributed by atoms with Gasteiger partial charge >= 0.3 is 5.97 Å². The van der Waals surface area contributed by atoms with E-state index in [0.717, 1.165) is 43.9 Å². The number of nitrogens with one attached hydrogen (secondary N) is 1. The van der Waals surface area contributed by atoms with Crippen LogP contribution in [0.5, 0.6) is 0 Å². The van der Waals surface area contributed by atoms with Gasteiger partial charge in [0.15, 0.2) is 0 Å². The molecule has 2 rings (SSSR count). The average molecular weight is 278 g/mol. The predicted octanol–water partition coefficient (Wildman–Crippen LogP) is 0.872. The molecule has 0 atom stereocenters. The predicted molar refractivity (Wildman–Crippen MR) is 76.7 cm³/mol. The molecule has 1 aromatic heterocycles. The van der Waals surface area contributed by atoms with E-state index in [9.17, 15) is 4.79 Å². The minimum atomic E-state index is -0.276. The van der Waals surface area contributed by atoms with Gasteiger partial charge in [0.2, 0.25) is 0 Å².